The fraction of sp³-hybridized carbons (Fsp3) is 0.0769. The molecule has 0 fully saturated rings. The normalized spacial score (nSPS) is 17.6. The minimum atomic E-state index is -0.785. The van der Waals surface area contributed by atoms with E-state index in [1.807, 2.05) is 55.5 Å². The van der Waals surface area contributed by atoms with Gasteiger partial charge < -0.3 is 20.1 Å². The predicted molar refractivity (Wildman–Crippen MR) is 114 cm³/mol. The maximum absolute atomic E-state index is 10.6. The largest absolute Gasteiger partial charge is 0.508 e. The number of phenols is 3. The summed E-state index contributed by atoms with van der Waals surface area (Å²) in [6.45, 7) is 1.84. The molecule has 4 aromatic rings. The van der Waals surface area contributed by atoms with Gasteiger partial charge in [-0.25, -0.2) is 0 Å². The van der Waals surface area contributed by atoms with E-state index < -0.39 is 5.41 Å². The molecular formula is C26H18O4. The van der Waals surface area contributed by atoms with E-state index in [0.717, 1.165) is 44.7 Å². The van der Waals surface area contributed by atoms with Crippen LogP contribution in [-0.2, 0) is 5.41 Å². The van der Waals surface area contributed by atoms with Crippen LogP contribution in [0.4, 0.5) is 0 Å². The minimum Gasteiger partial charge on any atom is -0.508 e. The van der Waals surface area contributed by atoms with Gasteiger partial charge in [0.25, 0.3) is 0 Å². The first-order valence-corrected chi connectivity index (χ1v) is 9.79. The summed E-state index contributed by atoms with van der Waals surface area (Å²) < 4.78 is 6.26. The number of benzene rings is 4. The second-order valence-electron chi connectivity index (χ2n) is 7.92. The van der Waals surface area contributed by atoms with E-state index in [4.69, 9.17) is 4.74 Å². The van der Waals surface area contributed by atoms with Gasteiger partial charge in [-0.1, -0.05) is 42.5 Å². The number of aryl methyl sites for hydroxylation is 1. The van der Waals surface area contributed by atoms with E-state index >= 15 is 0 Å². The lowest BCUT2D eigenvalue weighted by atomic mass is 9.66. The van der Waals surface area contributed by atoms with Crippen molar-refractivity contribution in [2.75, 3.05) is 0 Å². The molecule has 146 valence electrons. The van der Waals surface area contributed by atoms with E-state index in [1.54, 1.807) is 18.2 Å². The monoisotopic (exact) mass is 394 g/mol. The Kier molecular flexibility index (Phi) is 3.16. The number of para-hydroxylation sites is 1. The summed E-state index contributed by atoms with van der Waals surface area (Å²) in [7, 11) is 0. The molecule has 1 unspecified atom stereocenters. The highest BCUT2D eigenvalue weighted by atomic mass is 16.5. The maximum Gasteiger partial charge on any atom is 0.158 e. The van der Waals surface area contributed by atoms with Crippen LogP contribution in [0, 0.1) is 6.92 Å². The number of fused-ring (bicyclic) bond motifs is 9. The quantitative estimate of drug-likeness (QED) is 0.294. The first-order chi connectivity index (χ1) is 14.5. The van der Waals surface area contributed by atoms with Crippen LogP contribution in [0.3, 0.4) is 0 Å². The third kappa shape index (κ3) is 1.90. The van der Waals surface area contributed by atoms with Crippen LogP contribution in [0.25, 0.3) is 11.1 Å². The van der Waals surface area contributed by atoms with Crippen molar-refractivity contribution >= 4 is 0 Å². The lowest BCUT2D eigenvalue weighted by molar-refractivity contribution is 0.401. The molecule has 0 bridgehead atoms. The zero-order chi connectivity index (χ0) is 20.6. The van der Waals surface area contributed by atoms with Gasteiger partial charge in [-0.15, -0.1) is 0 Å². The van der Waals surface area contributed by atoms with Gasteiger partial charge in [0.05, 0.1) is 5.41 Å². The van der Waals surface area contributed by atoms with Gasteiger partial charge in [-0.3, -0.25) is 0 Å². The van der Waals surface area contributed by atoms with Crippen molar-refractivity contribution in [1.29, 1.82) is 0 Å². The van der Waals surface area contributed by atoms with Crippen molar-refractivity contribution in [3.05, 3.63) is 101 Å². The zero-order valence-electron chi connectivity index (χ0n) is 16.2. The second kappa shape index (κ2) is 5.57. The first kappa shape index (κ1) is 17.0. The molecule has 0 amide bonds. The zero-order valence-corrected chi connectivity index (χ0v) is 16.2. The summed E-state index contributed by atoms with van der Waals surface area (Å²) in [5.41, 5.74) is 5.37. The topological polar surface area (TPSA) is 69.9 Å². The number of hydrogen-bond donors (Lipinski definition) is 3. The number of rotatable bonds is 0. The Labute approximate surface area is 173 Å². The molecule has 0 aromatic heterocycles. The van der Waals surface area contributed by atoms with Crippen molar-refractivity contribution in [1.82, 2.24) is 0 Å². The van der Waals surface area contributed by atoms with Gasteiger partial charge in [0.1, 0.15) is 17.2 Å². The highest BCUT2D eigenvalue weighted by molar-refractivity contribution is 5.90. The molecule has 4 aromatic carbocycles. The summed E-state index contributed by atoms with van der Waals surface area (Å²) in [6.07, 6.45) is 0. The predicted octanol–water partition coefficient (Wildman–Crippen LogP) is 5.58. The van der Waals surface area contributed by atoms with Crippen LogP contribution < -0.4 is 4.74 Å². The molecule has 1 heterocycles. The number of hydrogen-bond acceptors (Lipinski definition) is 4. The number of aromatic hydroxyl groups is 3. The SMILES string of the molecule is Cc1cc2c(cc1O)C1(c3ccccc3O2)c2ccccc2-c2cc(O)c(O)cc21. The average Bonchev–Trinajstić information content (AvgIpc) is 3.01. The Morgan fingerprint density at radius 2 is 1.27 bits per heavy atom. The Morgan fingerprint density at radius 1 is 0.600 bits per heavy atom. The first-order valence-electron chi connectivity index (χ1n) is 9.79. The van der Waals surface area contributed by atoms with E-state index in [-0.39, 0.29) is 17.2 Å². The average molecular weight is 394 g/mol. The number of phenolic OH excluding ortho intramolecular Hbond substituents is 3. The summed E-state index contributed by atoms with van der Waals surface area (Å²) in [6, 6.07) is 22.7. The Hall–Kier alpha value is -3.92. The van der Waals surface area contributed by atoms with Crippen molar-refractivity contribution in [3.8, 4) is 39.9 Å². The smallest absolute Gasteiger partial charge is 0.158 e. The van der Waals surface area contributed by atoms with Crippen LogP contribution in [0.5, 0.6) is 28.7 Å². The second-order valence-corrected chi connectivity index (χ2v) is 7.92. The van der Waals surface area contributed by atoms with Gasteiger partial charge in [0, 0.05) is 11.1 Å². The van der Waals surface area contributed by atoms with Crippen LogP contribution in [0.1, 0.15) is 27.8 Å². The Morgan fingerprint density at radius 3 is 2.10 bits per heavy atom. The van der Waals surface area contributed by atoms with Crippen LogP contribution in [-0.4, -0.2) is 15.3 Å². The molecule has 30 heavy (non-hydrogen) atoms. The molecule has 0 radical (unpaired) electrons. The molecule has 1 aliphatic heterocycles. The van der Waals surface area contributed by atoms with Crippen molar-refractivity contribution in [2.24, 2.45) is 0 Å². The minimum absolute atomic E-state index is 0.159. The highest BCUT2D eigenvalue weighted by Crippen LogP contribution is 2.63. The summed E-state index contributed by atoms with van der Waals surface area (Å²) in [5, 5.41) is 31.3. The van der Waals surface area contributed by atoms with Gasteiger partial charge in [0.15, 0.2) is 11.5 Å². The lowest BCUT2D eigenvalue weighted by Crippen LogP contribution is -2.32. The molecule has 0 saturated heterocycles. The molecule has 4 heteroatoms. The molecule has 1 aliphatic carbocycles. The van der Waals surface area contributed by atoms with Crippen LogP contribution in [0.2, 0.25) is 0 Å². The van der Waals surface area contributed by atoms with Gasteiger partial charge in [0.2, 0.25) is 0 Å². The molecular weight excluding hydrogens is 376 g/mol. The summed E-state index contributed by atoms with van der Waals surface area (Å²) in [5.74, 6) is 1.24. The Balaban J connectivity index is 1.86. The third-order valence-electron chi connectivity index (χ3n) is 6.35. The fourth-order valence-corrected chi connectivity index (χ4v) is 5.06. The van der Waals surface area contributed by atoms with E-state index in [2.05, 4.69) is 6.07 Å². The molecule has 4 nitrogen and oxygen atoms in total. The summed E-state index contributed by atoms with van der Waals surface area (Å²) >= 11 is 0. The maximum atomic E-state index is 10.6. The van der Waals surface area contributed by atoms with Crippen molar-refractivity contribution in [2.45, 2.75) is 12.3 Å². The van der Waals surface area contributed by atoms with Crippen LogP contribution in [0.15, 0.2) is 72.8 Å². The molecule has 1 atom stereocenters. The van der Waals surface area contributed by atoms with Crippen LogP contribution >= 0.6 is 0 Å². The molecule has 0 saturated carbocycles. The molecule has 2 aliphatic rings. The number of ether oxygens (including phenoxy) is 1. The van der Waals surface area contributed by atoms with Crippen molar-refractivity contribution < 1.29 is 20.1 Å². The van der Waals surface area contributed by atoms with Gasteiger partial charge in [-0.05, 0) is 65.1 Å². The van der Waals surface area contributed by atoms with Gasteiger partial charge in [-0.2, -0.15) is 0 Å². The highest BCUT2D eigenvalue weighted by Gasteiger charge is 2.51. The third-order valence-corrected chi connectivity index (χ3v) is 6.35. The lowest BCUT2D eigenvalue weighted by Gasteiger charge is -2.39. The van der Waals surface area contributed by atoms with E-state index in [1.165, 1.54) is 0 Å². The molecule has 6 rings (SSSR count). The standard InChI is InChI=1S/C26H18O4/c1-14-10-25-20(13-21(14)27)26(18-8-4-5-9-24(18)30-25)17-7-3-2-6-15(17)16-11-22(28)23(29)12-19(16)26/h2-13,27-29H,1H3. The van der Waals surface area contributed by atoms with E-state index in [0.29, 0.717) is 5.75 Å². The molecule has 1 spiro atoms. The fourth-order valence-electron chi connectivity index (χ4n) is 5.06. The van der Waals surface area contributed by atoms with E-state index in [9.17, 15) is 15.3 Å². The van der Waals surface area contributed by atoms with Crippen molar-refractivity contribution in [3.63, 3.8) is 0 Å². The summed E-state index contributed by atoms with van der Waals surface area (Å²) in [4.78, 5) is 0. The molecule has 3 N–H and O–H groups in total. The van der Waals surface area contributed by atoms with Gasteiger partial charge >= 0.3 is 0 Å². The Bertz CT molecular complexity index is 1370.